The first-order valence-electron chi connectivity index (χ1n) is 6.42. The minimum Gasteiger partial charge on any atom is -0.507 e. The van der Waals surface area contributed by atoms with Gasteiger partial charge in [0.1, 0.15) is 5.75 Å². The molecule has 0 aliphatic rings. The van der Waals surface area contributed by atoms with E-state index in [2.05, 4.69) is 42.0 Å². The summed E-state index contributed by atoms with van der Waals surface area (Å²) >= 11 is 9.13. The predicted octanol–water partition coefficient (Wildman–Crippen LogP) is 4.75. The molecule has 0 atom stereocenters. The van der Waals surface area contributed by atoms with E-state index in [9.17, 15) is 9.90 Å². The minimum atomic E-state index is -0.367. The molecule has 2 N–H and O–H groups in total. The molecular formula is C15H21BrClNO2. The Balaban J connectivity index is 2.94. The highest BCUT2D eigenvalue weighted by atomic mass is 79.9. The van der Waals surface area contributed by atoms with Gasteiger partial charge in [0.2, 0.25) is 0 Å². The van der Waals surface area contributed by atoms with Gasteiger partial charge in [-0.3, -0.25) is 4.79 Å². The first-order chi connectivity index (χ1) is 8.91. The smallest absolute Gasteiger partial charge is 0.255 e. The highest BCUT2D eigenvalue weighted by molar-refractivity contribution is 9.10. The van der Waals surface area contributed by atoms with Crippen LogP contribution in [0.25, 0.3) is 0 Å². The summed E-state index contributed by atoms with van der Waals surface area (Å²) < 4.78 is 0.579. The van der Waals surface area contributed by atoms with Gasteiger partial charge in [-0.2, -0.15) is 0 Å². The zero-order valence-electron chi connectivity index (χ0n) is 12.5. The Kier molecular flexibility index (Phi) is 5.14. The molecule has 0 unspecified atom stereocenters. The summed E-state index contributed by atoms with van der Waals surface area (Å²) in [7, 11) is 0. The quantitative estimate of drug-likeness (QED) is 0.815. The number of carbonyl (C=O) groups is 1. The second-order valence-corrected chi connectivity index (χ2v) is 8.12. The first-order valence-corrected chi connectivity index (χ1v) is 7.59. The van der Waals surface area contributed by atoms with Crippen LogP contribution >= 0.6 is 27.5 Å². The highest BCUT2D eigenvalue weighted by Crippen LogP contribution is 2.31. The zero-order valence-corrected chi connectivity index (χ0v) is 14.8. The molecule has 0 heterocycles. The first kappa shape index (κ1) is 17.3. The Morgan fingerprint density at radius 1 is 1.30 bits per heavy atom. The van der Waals surface area contributed by atoms with Crippen LogP contribution in [0.5, 0.6) is 5.75 Å². The van der Waals surface area contributed by atoms with Crippen LogP contribution in [-0.4, -0.2) is 16.6 Å². The van der Waals surface area contributed by atoms with Gasteiger partial charge in [0, 0.05) is 16.1 Å². The number of phenols is 1. The molecule has 1 aromatic carbocycles. The number of amides is 1. The molecule has 0 spiro atoms. The van der Waals surface area contributed by atoms with Gasteiger partial charge >= 0.3 is 0 Å². The number of benzene rings is 1. The van der Waals surface area contributed by atoms with Crippen LogP contribution in [0.4, 0.5) is 0 Å². The number of halogens is 2. The third-order valence-corrected chi connectivity index (χ3v) is 3.90. The number of hydrogen-bond acceptors (Lipinski definition) is 2. The topological polar surface area (TPSA) is 49.3 Å². The maximum Gasteiger partial charge on any atom is 0.255 e. The fourth-order valence-electron chi connectivity index (χ4n) is 2.46. The molecule has 1 aromatic rings. The van der Waals surface area contributed by atoms with Crippen molar-refractivity contribution in [2.45, 2.75) is 46.6 Å². The van der Waals surface area contributed by atoms with Crippen molar-refractivity contribution in [2.24, 2.45) is 5.41 Å². The van der Waals surface area contributed by atoms with Crippen molar-refractivity contribution in [3.63, 3.8) is 0 Å². The zero-order chi connectivity index (χ0) is 15.7. The predicted molar refractivity (Wildman–Crippen MR) is 86.4 cm³/mol. The van der Waals surface area contributed by atoms with Gasteiger partial charge in [0.15, 0.2) is 0 Å². The monoisotopic (exact) mass is 361 g/mol. The molecule has 20 heavy (non-hydrogen) atoms. The lowest BCUT2D eigenvalue weighted by Crippen LogP contribution is -2.45. The number of aromatic hydroxyl groups is 1. The van der Waals surface area contributed by atoms with Gasteiger partial charge in [-0.25, -0.2) is 0 Å². The van der Waals surface area contributed by atoms with Crippen molar-refractivity contribution >= 4 is 33.4 Å². The summed E-state index contributed by atoms with van der Waals surface area (Å²) in [6, 6.07) is 2.89. The van der Waals surface area contributed by atoms with Crippen LogP contribution in [-0.2, 0) is 0 Å². The summed E-state index contributed by atoms with van der Waals surface area (Å²) in [4.78, 5) is 12.3. The molecule has 0 saturated carbocycles. The maximum atomic E-state index is 12.3. The molecule has 0 bridgehead atoms. The Hall–Kier alpha value is -0.740. The van der Waals surface area contributed by atoms with Crippen molar-refractivity contribution in [1.29, 1.82) is 0 Å². The molecule has 0 aliphatic carbocycles. The van der Waals surface area contributed by atoms with E-state index in [-0.39, 0.29) is 28.2 Å². The van der Waals surface area contributed by atoms with E-state index < -0.39 is 0 Å². The molecule has 3 nitrogen and oxygen atoms in total. The van der Waals surface area contributed by atoms with E-state index in [1.54, 1.807) is 0 Å². The lowest BCUT2D eigenvalue weighted by molar-refractivity contribution is 0.0888. The molecule has 112 valence electrons. The summed E-state index contributed by atoms with van der Waals surface area (Å²) in [6.07, 6.45) is 0.821. The third kappa shape index (κ3) is 4.98. The normalized spacial score (nSPS) is 12.3. The molecule has 0 fully saturated rings. The van der Waals surface area contributed by atoms with Gasteiger partial charge in [0.05, 0.1) is 10.6 Å². The maximum absolute atomic E-state index is 12.3. The summed E-state index contributed by atoms with van der Waals surface area (Å²) in [5.74, 6) is -0.434. The van der Waals surface area contributed by atoms with Gasteiger partial charge in [-0.15, -0.1) is 0 Å². The Morgan fingerprint density at radius 2 is 1.85 bits per heavy atom. The van der Waals surface area contributed by atoms with E-state index in [1.807, 2.05) is 13.8 Å². The van der Waals surface area contributed by atoms with E-state index in [0.29, 0.717) is 9.50 Å². The lowest BCUT2D eigenvalue weighted by atomic mass is 9.81. The standard InChI is InChI=1S/C15H21BrClNO2/c1-14(2,3)8-15(4,5)18-13(20)9-6-10(16)11(17)7-12(9)19/h6-7,19H,8H2,1-5H3,(H,18,20). The van der Waals surface area contributed by atoms with E-state index >= 15 is 0 Å². The van der Waals surface area contributed by atoms with E-state index in [1.165, 1.54) is 12.1 Å². The third-order valence-electron chi connectivity index (χ3n) is 2.71. The van der Waals surface area contributed by atoms with E-state index in [0.717, 1.165) is 6.42 Å². The van der Waals surface area contributed by atoms with Crippen molar-refractivity contribution < 1.29 is 9.90 Å². The van der Waals surface area contributed by atoms with Crippen LogP contribution in [0.2, 0.25) is 5.02 Å². The molecule has 0 saturated heterocycles. The van der Waals surface area contributed by atoms with Crippen LogP contribution < -0.4 is 5.32 Å². The molecule has 1 amide bonds. The molecule has 0 aromatic heterocycles. The second-order valence-electron chi connectivity index (χ2n) is 6.86. The Morgan fingerprint density at radius 3 is 2.35 bits per heavy atom. The molecular weight excluding hydrogens is 342 g/mol. The van der Waals surface area contributed by atoms with Crippen LogP contribution in [0.15, 0.2) is 16.6 Å². The number of rotatable bonds is 3. The average Bonchev–Trinajstić information content (AvgIpc) is 2.18. The van der Waals surface area contributed by atoms with Crippen molar-refractivity contribution in [3.05, 3.63) is 27.2 Å². The van der Waals surface area contributed by atoms with Crippen LogP contribution in [0, 0.1) is 5.41 Å². The highest BCUT2D eigenvalue weighted by Gasteiger charge is 2.28. The number of carbonyl (C=O) groups excluding carboxylic acids is 1. The number of nitrogens with one attached hydrogen (secondary N) is 1. The lowest BCUT2D eigenvalue weighted by Gasteiger charge is -2.33. The molecule has 0 aliphatic heterocycles. The van der Waals surface area contributed by atoms with E-state index in [4.69, 9.17) is 11.6 Å². The molecule has 0 radical (unpaired) electrons. The Bertz CT molecular complexity index is 521. The van der Waals surface area contributed by atoms with Gasteiger partial charge in [-0.05, 0) is 47.7 Å². The average molecular weight is 363 g/mol. The van der Waals surface area contributed by atoms with Crippen molar-refractivity contribution in [2.75, 3.05) is 0 Å². The fourth-order valence-corrected chi connectivity index (χ4v) is 2.96. The SMILES string of the molecule is CC(C)(C)CC(C)(C)NC(=O)c1cc(Br)c(Cl)cc1O. The number of hydrogen-bond donors (Lipinski definition) is 2. The number of phenolic OH excluding ortho intramolecular Hbond substituents is 1. The molecule has 1 rings (SSSR count). The molecule has 5 heteroatoms. The minimum absolute atomic E-state index is 0.0966. The van der Waals surface area contributed by atoms with Gasteiger partial charge < -0.3 is 10.4 Å². The van der Waals surface area contributed by atoms with Crippen molar-refractivity contribution in [3.8, 4) is 5.75 Å². The van der Waals surface area contributed by atoms with Crippen LogP contribution in [0.1, 0.15) is 51.4 Å². The van der Waals surface area contributed by atoms with Crippen molar-refractivity contribution in [1.82, 2.24) is 5.32 Å². The largest absolute Gasteiger partial charge is 0.507 e. The summed E-state index contributed by atoms with van der Waals surface area (Å²) in [5, 5.41) is 13.2. The van der Waals surface area contributed by atoms with Gasteiger partial charge in [0.25, 0.3) is 5.91 Å². The van der Waals surface area contributed by atoms with Crippen LogP contribution in [0.3, 0.4) is 0 Å². The second kappa shape index (κ2) is 5.94. The Labute approximate surface area is 133 Å². The summed E-state index contributed by atoms with van der Waals surface area (Å²) in [5.41, 5.74) is -0.0592. The van der Waals surface area contributed by atoms with Gasteiger partial charge in [-0.1, -0.05) is 32.4 Å². The summed E-state index contributed by atoms with van der Waals surface area (Å²) in [6.45, 7) is 10.3. The fraction of sp³-hybridized carbons (Fsp3) is 0.533.